The fourth-order valence-electron chi connectivity index (χ4n) is 5.31. The highest BCUT2D eigenvalue weighted by atomic mass is 35.5. The third-order valence-corrected chi connectivity index (χ3v) is 7.17. The second-order valence-corrected chi connectivity index (χ2v) is 10.1. The van der Waals surface area contributed by atoms with Crippen molar-refractivity contribution in [2.75, 3.05) is 6.61 Å². The molecular formula is C23H27ClN2O3. The first kappa shape index (κ1) is 19.0. The number of hydrogen-bond donors (Lipinski definition) is 0. The number of ether oxygens (including phenoxy) is 2. The average Bonchev–Trinajstić information content (AvgIpc) is 3.58. The largest absolute Gasteiger partial charge is 0.492 e. The van der Waals surface area contributed by atoms with E-state index in [9.17, 15) is 4.79 Å². The van der Waals surface area contributed by atoms with Crippen LogP contribution in [0.1, 0.15) is 63.2 Å². The van der Waals surface area contributed by atoms with E-state index in [4.69, 9.17) is 21.1 Å². The van der Waals surface area contributed by atoms with E-state index < -0.39 is 11.6 Å². The molecule has 0 aliphatic heterocycles. The number of halogens is 1. The number of pyridine rings is 1. The number of carbonyl (C=O) groups is 1. The van der Waals surface area contributed by atoms with Crippen LogP contribution in [0, 0.1) is 16.7 Å². The molecule has 0 atom stereocenters. The first-order valence-corrected chi connectivity index (χ1v) is 10.8. The fraction of sp³-hybridized carbons (Fsp3) is 0.565. The Hall–Kier alpha value is -2.01. The van der Waals surface area contributed by atoms with Gasteiger partial charge in [-0.2, -0.15) is 0 Å². The molecule has 2 heterocycles. The Morgan fingerprint density at radius 1 is 1.21 bits per heavy atom. The van der Waals surface area contributed by atoms with E-state index in [-0.39, 0.29) is 10.7 Å². The Bertz CT molecular complexity index is 949. The molecule has 2 aromatic heterocycles. The van der Waals surface area contributed by atoms with Crippen LogP contribution in [-0.2, 0) is 4.74 Å². The first-order chi connectivity index (χ1) is 13.7. The van der Waals surface area contributed by atoms with Crippen molar-refractivity contribution in [2.45, 2.75) is 58.5 Å². The van der Waals surface area contributed by atoms with Gasteiger partial charge in [-0.25, -0.2) is 9.78 Å². The summed E-state index contributed by atoms with van der Waals surface area (Å²) in [6.07, 6.45) is 10.7. The maximum atomic E-state index is 12.2. The predicted octanol–water partition coefficient (Wildman–Crippen LogP) is 5.44. The van der Waals surface area contributed by atoms with Gasteiger partial charge < -0.3 is 14.0 Å². The summed E-state index contributed by atoms with van der Waals surface area (Å²) in [5.41, 5.74) is 1.16. The van der Waals surface area contributed by atoms with E-state index >= 15 is 0 Å². The van der Waals surface area contributed by atoms with Crippen molar-refractivity contribution >= 4 is 17.6 Å². The lowest BCUT2D eigenvalue weighted by molar-refractivity contribution is 0.00693. The van der Waals surface area contributed by atoms with E-state index in [0.29, 0.717) is 5.82 Å². The lowest BCUT2D eigenvalue weighted by Gasteiger charge is -2.19. The molecule has 6 heteroatoms. The minimum absolute atomic E-state index is 0.131. The third-order valence-electron chi connectivity index (χ3n) is 6.88. The van der Waals surface area contributed by atoms with Crippen molar-refractivity contribution in [3.8, 4) is 11.6 Å². The number of rotatable bonds is 6. The van der Waals surface area contributed by atoms with Gasteiger partial charge in [0.2, 0.25) is 0 Å². The van der Waals surface area contributed by atoms with Gasteiger partial charge in [0.25, 0.3) is 0 Å². The molecule has 5 nitrogen and oxygen atoms in total. The van der Waals surface area contributed by atoms with E-state index in [2.05, 4.69) is 4.98 Å². The van der Waals surface area contributed by atoms with Crippen LogP contribution >= 0.6 is 11.6 Å². The zero-order chi connectivity index (χ0) is 20.4. The van der Waals surface area contributed by atoms with Crippen LogP contribution in [0.5, 0.6) is 5.75 Å². The molecule has 3 saturated carbocycles. The lowest BCUT2D eigenvalue weighted by atomic mass is 10.2. The smallest absolute Gasteiger partial charge is 0.341 e. The van der Waals surface area contributed by atoms with Crippen LogP contribution in [0.15, 0.2) is 30.6 Å². The van der Waals surface area contributed by atoms with Crippen molar-refractivity contribution in [3.63, 3.8) is 0 Å². The van der Waals surface area contributed by atoms with Crippen LogP contribution in [0.2, 0.25) is 5.15 Å². The molecule has 0 saturated heterocycles. The molecule has 154 valence electrons. The summed E-state index contributed by atoms with van der Waals surface area (Å²) in [6.45, 7) is 6.23. The van der Waals surface area contributed by atoms with Gasteiger partial charge in [0.1, 0.15) is 22.3 Å². The number of fused-ring (bicyclic) bond motifs is 1. The maximum Gasteiger partial charge on any atom is 0.341 e. The second-order valence-electron chi connectivity index (χ2n) is 9.77. The molecule has 3 aliphatic rings. The highest BCUT2D eigenvalue weighted by Crippen LogP contribution is 2.93. The third kappa shape index (κ3) is 3.24. The number of nitrogens with zero attached hydrogens (tertiary/aromatic N) is 2. The van der Waals surface area contributed by atoms with E-state index in [1.165, 1.54) is 32.1 Å². The lowest BCUT2D eigenvalue weighted by Crippen LogP contribution is -2.24. The molecule has 0 radical (unpaired) electrons. The van der Waals surface area contributed by atoms with E-state index in [0.717, 1.165) is 29.1 Å². The minimum Gasteiger partial charge on any atom is -0.492 e. The van der Waals surface area contributed by atoms with Crippen molar-refractivity contribution in [3.05, 3.63) is 41.3 Å². The quantitative estimate of drug-likeness (QED) is 0.466. The second kappa shape index (κ2) is 6.24. The van der Waals surface area contributed by atoms with Gasteiger partial charge in [0.15, 0.2) is 0 Å². The van der Waals surface area contributed by atoms with Gasteiger partial charge in [-0.15, -0.1) is 0 Å². The molecule has 2 aromatic rings. The number of esters is 1. The predicted molar refractivity (Wildman–Crippen MR) is 111 cm³/mol. The number of carbonyl (C=O) groups excluding carboxylic acids is 1. The van der Waals surface area contributed by atoms with Gasteiger partial charge in [-0.3, -0.25) is 0 Å². The van der Waals surface area contributed by atoms with Crippen LogP contribution in [0.25, 0.3) is 5.82 Å². The zero-order valence-corrected chi connectivity index (χ0v) is 18.0. The molecule has 0 unspecified atom stereocenters. The molecule has 5 rings (SSSR count). The van der Waals surface area contributed by atoms with Gasteiger partial charge in [-0.1, -0.05) is 11.6 Å². The molecular weight excluding hydrogens is 388 g/mol. The molecule has 29 heavy (non-hydrogen) atoms. The Morgan fingerprint density at radius 3 is 2.48 bits per heavy atom. The van der Waals surface area contributed by atoms with Crippen molar-refractivity contribution in [1.29, 1.82) is 0 Å². The van der Waals surface area contributed by atoms with Gasteiger partial charge >= 0.3 is 5.97 Å². The summed E-state index contributed by atoms with van der Waals surface area (Å²) in [6, 6.07) is 5.34. The molecule has 3 aliphatic carbocycles. The molecule has 0 aromatic carbocycles. The topological polar surface area (TPSA) is 53.4 Å². The zero-order valence-electron chi connectivity index (χ0n) is 17.2. The van der Waals surface area contributed by atoms with Crippen molar-refractivity contribution in [2.24, 2.45) is 16.7 Å². The number of hydrogen-bond acceptors (Lipinski definition) is 4. The van der Waals surface area contributed by atoms with Gasteiger partial charge in [0, 0.05) is 6.20 Å². The molecule has 0 amide bonds. The van der Waals surface area contributed by atoms with Crippen LogP contribution in [0.3, 0.4) is 0 Å². The average molecular weight is 415 g/mol. The van der Waals surface area contributed by atoms with E-state index in [1.807, 2.05) is 43.8 Å². The fourth-order valence-corrected chi connectivity index (χ4v) is 5.54. The van der Waals surface area contributed by atoms with E-state index in [1.54, 1.807) is 12.1 Å². The molecule has 2 spiro atoms. The maximum absolute atomic E-state index is 12.2. The van der Waals surface area contributed by atoms with Crippen LogP contribution in [0.4, 0.5) is 0 Å². The molecule has 3 fully saturated rings. The standard InChI is InChI=1S/C23H27ClN2O3/c1-21(2,3)29-20(27)16-4-5-18(25-19(16)24)26-12-6-15(14-26)28-13-7-17-22(8-9-22)23(17)10-11-23/h4-6,12,14,17H,7-11,13H2,1-3H3. The van der Waals surface area contributed by atoms with Crippen LogP contribution < -0.4 is 4.74 Å². The minimum atomic E-state index is -0.579. The Kier molecular flexibility index (Phi) is 4.09. The summed E-state index contributed by atoms with van der Waals surface area (Å²) < 4.78 is 13.2. The van der Waals surface area contributed by atoms with Crippen molar-refractivity contribution in [1.82, 2.24) is 9.55 Å². The summed E-state index contributed by atoms with van der Waals surface area (Å²) in [5, 5.41) is 0.131. The van der Waals surface area contributed by atoms with Crippen LogP contribution in [-0.4, -0.2) is 27.7 Å². The SMILES string of the molecule is CC(C)(C)OC(=O)c1ccc(-n2ccc(OCCC3C4(CC4)C34CC4)c2)nc1Cl. The first-order valence-electron chi connectivity index (χ1n) is 10.5. The summed E-state index contributed by atoms with van der Waals surface area (Å²) in [4.78, 5) is 16.6. The van der Waals surface area contributed by atoms with Crippen molar-refractivity contribution < 1.29 is 14.3 Å². The van der Waals surface area contributed by atoms with Gasteiger partial charge in [-0.05, 0) is 87.8 Å². The summed E-state index contributed by atoms with van der Waals surface area (Å²) in [5.74, 6) is 1.89. The summed E-state index contributed by atoms with van der Waals surface area (Å²) in [7, 11) is 0. The summed E-state index contributed by atoms with van der Waals surface area (Å²) >= 11 is 6.24. The van der Waals surface area contributed by atoms with Gasteiger partial charge in [0.05, 0.1) is 18.4 Å². The Labute approximate surface area is 176 Å². The Morgan fingerprint density at radius 2 is 1.90 bits per heavy atom. The number of aromatic nitrogens is 2. The molecule has 0 N–H and O–H groups in total. The Balaban J connectivity index is 1.20. The normalized spacial score (nSPS) is 20.7. The highest BCUT2D eigenvalue weighted by Gasteiger charge is 2.85. The highest BCUT2D eigenvalue weighted by molar-refractivity contribution is 6.32. The molecule has 0 bridgehead atoms. The monoisotopic (exact) mass is 414 g/mol.